The summed E-state index contributed by atoms with van der Waals surface area (Å²) in [6.07, 6.45) is 0. The van der Waals surface area contributed by atoms with Crippen LogP contribution in [0.3, 0.4) is 0 Å². The number of hydrogen-bond acceptors (Lipinski definition) is 5. The molecule has 0 unspecified atom stereocenters. The molecule has 8 heteroatoms. The molecule has 21 heavy (non-hydrogen) atoms. The standard InChI is InChI=1S/C13H9Cl2NO4S/c1-7-2-3-9(16(18)19)11(4-7)20-6-10(17)8-5-12(14)21-13(8)15/h2-5H,6H2,1H3. The minimum Gasteiger partial charge on any atom is -0.478 e. The third-order valence-corrected chi connectivity index (χ3v) is 4.12. The number of nitro benzene ring substituents is 1. The Kier molecular flexibility index (Phi) is 4.82. The third kappa shape index (κ3) is 3.72. The van der Waals surface area contributed by atoms with Crippen LogP contribution in [0.5, 0.6) is 5.75 Å². The summed E-state index contributed by atoms with van der Waals surface area (Å²) in [5.74, 6) is -0.343. The molecule has 0 atom stereocenters. The first-order valence-corrected chi connectivity index (χ1v) is 7.31. The van der Waals surface area contributed by atoms with Crippen molar-refractivity contribution in [1.82, 2.24) is 0 Å². The zero-order valence-electron chi connectivity index (χ0n) is 10.8. The summed E-state index contributed by atoms with van der Waals surface area (Å²) in [6.45, 7) is 1.42. The van der Waals surface area contributed by atoms with Crippen molar-refractivity contribution in [3.8, 4) is 5.75 Å². The predicted octanol–water partition coefficient (Wildman–Crippen LogP) is 4.53. The lowest BCUT2D eigenvalue weighted by Crippen LogP contribution is -2.12. The number of hydrogen-bond donors (Lipinski definition) is 0. The van der Waals surface area contributed by atoms with E-state index >= 15 is 0 Å². The molecule has 0 aliphatic heterocycles. The van der Waals surface area contributed by atoms with Gasteiger partial charge in [0.05, 0.1) is 14.8 Å². The van der Waals surface area contributed by atoms with Crippen LogP contribution >= 0.6 is 34.5 Å². The molecule has 1 heterocycles. The maximum absolute atomic E-state index is 12.0. The molecular formula is C13H9Cl2NO4S. The molecule has 0 saturated heterocycles. The van der Waals surface area contributed by atoms with Gasteiger partial charge in [-0.15, -0.1) is 11.3 Å². The van der Waals surface area contributed by atoms with E-state index in [4.69, 9.17) is 27.9 Å². The van der Waals surface area contributed by atoms with Gasteiger partial charge in [-0.25, -0.2) is 0 Å². The lowest BCUT2D eigenvalue weighted by atomic mass is 10.2. The quantitative estimate of drug-likeness (QED) is 0.453. The normalized spacial score (nSPS) is 10.4. The van der Waals surface area contributed by atoms with Crippen LogP contribution in [-0.2, 0) is 0 Å². The predicted molar refractivity (Wildman–Crippen MR) is 82.0 cm³/mol. The lowest BCUT2D eigenvalue weighted by molar-refractivity contribution is -0.385. The Bertz CT molecular complexity index is 714. The largest absolute Gasteiger partial charge is 0.478 e. The van der Waals surface area contributed by atoms with Crippen LogP contribution in [0.4, 0.5) is 5.69 Å². The zero-order chi connectivity index (χ0) is 15.6. The van der Waals surface area contributed by atoms with Gasteiger partial charge in [0, 0.05) is 6.07 Å². The first kappa shape index (κ1) is 15.8. The van der Waals surface area contributed by atoms with Gasteiger partial charge in [0.2, 0.25) is 5.78 Å². The molecule has 0 aliphatic rings. The number of ketones is 1. The highest BCUT2D eigenvalue weighted by molar-refractivity contribution is 7.20. The topological polar surface area (TPSA) is 69.4 Å². The van der Waals surface area contributed by atoms with Crippen molar-refractivity contribution in [2.75, 3.05) is 6.61 Å². The molecule has 0 spiro atoms. The summed E-state index contributed by atoms with van der Waals surface area (Å²) in [5, 5.41) is 10.9. The summed E-state index contributed by atoms with van der Waals surface area (Å²) in [6, 6.07) is 5.89. The van der Waals surface area contributed by atoms with Crippen molar-refractivity contribution in [3.63, 3.8) is 0 Å². The van der Waals surface area contributed by atoms with Crippen LogP contribution in [0.25, 0.3) is 0 Å². The fourth-order valence-electron chi connectivity index (χ4n) is 1.64. The van der Waals surface area contributed by atoms with Gasteiger partial charge in [-0.05, 0) is 24.6 Å². The minimum atomic E-state index is -0.562. The zero-order valence-corrected chi connectivity index (χ0v) is 13.1. The van der Waals surface area contributed by atoms with Gasteiger partial charge in [-0.1, -0.05) is 29.3 Å². The Hall–Kier alpha value is -1.63. The molecule has 2 rings (SSSR count). The fourth-order valence-corrected chi connectivity index (χ4v) is 3.14. The van der Waals surface area contributed by atoms with E-state index in [1.165, 1.54) is 18.2 Å². The Morgan fingerprint density at radius 2 is 2.10 bits per heavy atom. The number of rotatable bonds is 5. The Morgan fingerprint density at radius 3 is 2.67 bits per heavy atom. The molecular weight excluding hydrogens is 337 g/mol. The maximum Gasteiger partial charge on any atom is 0.310 e. The SMILES string of the molecule is Cc1ccc([N+](=O)[O-])c(OCC(=O)c2cc(Cl)sc2Cl)c1. The number of carbonyl (C=O) groups excluding carboxylic acids is 1. The summed E-state index contributed by atoms with van der Waals surface area (Å²) in [7, 11) is 0. The number of Topliss-reactive ketones (excluding diaryl/α,β-unsaturated/α-hetero) is 1. The van der Waals surface area contributed by atoms with E-state index in [0.717, 1.165) is 16.9 Å². The number of thiophene rings is 1. The molecule has 5 nitrogen and oxygen atoms in total. The summed E-state index contributed by atoms with van der Waals surface area (Å²) in [5.41, 5.74) is 0.851. The highest BCUT2D eigenvalue weighted by Crippen LogP contribution is 2.32. The smallest absolute Gasteiger partial charge is 0.310 e. The van der Waals surface area contributed by atoms with Crippen molar-refractivity contribution in [2.45, 2.75) is 6.92 Å². The van der Waals surface area contributed by atoms with Gasteiger partial charge in [-0.2, -0.15) is 0 Å². The minimum absolute atomic E-state index is 0.0470. The second kappa shape index (κ2) is 6.43. The average molecular weight is 346 g/mol. The molecule has 0 amide bonds. The summed E-state index contributed by atoms with van der Waals surface area (Å²) in [4.78, 5) is 22.3. The first-order chi connectivity index (χ1) is 9.88. The van der Waals surface area contributed by atoms with E-state index in [1.807, 2.05) is 0 Å². The Morgan fingerprint density at radius 1 is 1.38 bits per heavy atom. The maximum atomic E-state index is 12.0. The summed E-state index contributed by atoms with van der Waals surface area (Å²) >= 11 is 12.7. The van der Waals surface area contributed by atoms with Crippen LogP contribution in [0, 0.1) is 17.0 Å². The van der Waals surface area contributed by atoms with Gasteiger partial charge in [0.15, 0.2) is 12.4 Å². The lowest BCUT2D eigenvalue weighted by Gasteiger charge is -2.06. The van der Waals surface area contributed by atoms with E-state index < -0.39 is 4.92 Å². The average Bonchev–Trinajstić information content (AvgIpc) is 2.74. The second-order valence-electron chi connectivity index (χ2n) is 4.18. The first-order valence-electron chi connectivity index (χ1n) is 5.74. The van der Waals surface area contributed by atoms with Gasteiger partial charge >= 0.3 is 5.69 Å². The molecule has 1 aromatic carbocycles. The third-order valence-electron chi connectivity index (χ3n) is 2.63. The molecule has 0 saturated carbocycles. The number of aryl methyl sites for hydroxylation is 1. The molecule has 0 bridgehead atoms. The van der Waals surface area contributed by atoms with Crippen LogP contribution in [0.2, 0.25) is 8.67 Å². The molecule has 0 fully saturated rings. The van der Waals surface area contributed by atoms with E-state index in [9.17, 15) is 14.9 Å². The van der Waals surface area contributed by atoms with E-state index in [0.29, 0.717) is 4.34 Å². The molecule has 2 aromatic rings. The van der Waals surface area contributed by atoms with E-state index in [2.05, 4.69) is 0 Å². The van der Waals surface area contributed by atoms with Crippen LogP contribution in [0.15, 0.2) is 24.3 Å². The van der Waals surface area contributed by atoms with E-state index in [1.54, 1.807) is 13.0 Å². The monoisotopic (exact) mass is 345 g/mol. The molecule has 1 aromatic heterocycles. The van der Waals surface area contributed by atoms with E-state index in [-0.39, 0.29) is 33.7 Å². The highest BCUT2D eigenvalue weighted by Gasteiger charge is 2.19. The fraction of sp³-hybridized carbons (Fsp3) is 0.154. The van der Waals surface area contributed by atoms with Crippen LogP contribution < -0.4 is 4.74 Å². The number of nitro groups is 1. The van der Waals surface area contributed by atoms with Crippen molar-refractivity contribution in [2.24, 2.45) is 0 Å². The van der Waals surface area contributed by atoms with Crippen molar-refractivity contribution in [1.29, 1.82) is 0 Å². The van der Waals surface area contributed by atoms with Crippen molar-refractivity contribution >= 4 is 46.0 Å². The molecule has 0 radical (unpaired) electrons. The molecule has 0 aliphatic carbocycles. The van der Waals surface area contributed by atoms with Gasteiger partial charge in [0.25, 0.3) is 0 Å². The Labute approximate surface area is 134 Å². The number of ether oxygens (including phenoxy) is 1. The van der Waals surface area contributed by atoms with Crippen molar-refractivity contribution in [3.05, 3.63) is 54.2 Å². The number of benzene rings is 1. The van der Waals surface area contributed by atoms with Gasteiger partial charge < -0.3 is 4.74 Å². The van der Waals surface area contributed by atoms with Crippen LogP contribution in [0.1, 0.15) is 15.9 Å². The van der Waals surface area contributed by atoms with Crippen LogP contribution in [-0.4, -0.2) is 17.3 Å². The molecule has 0 N–H and O–H groups in total. The number of nitrogens with zero attached hydrogens (tertiary/aromatic N) is 1. The Balaban J connectivity index is 2.16. The van der Waals surface area contributed by atoms with Gasteiger partial charge in [0.1, 0.15) is 4.34 Å². The highest BCUT2D eigenvalue weighted by atomic mass is 35.5. The second-order valence-corrected chi connectivity index (χ2v) is 6.46. The van der Waals surface area contributed by atoms with Crippen molar-refractivity contribution < 1.29 is 14.5 Å². The van der Waals surface area contributed by atoms with Gasteiger partial charge in [-0.3, -0.25) is 14.9 Å². The number of carbonyl (C=O) groups is 1. The molecule has 110 valence electrons. The number of halogens is 2. The summed E-state index contributed by atoms with van der Waals surface area (Å²) < 4.78 is 5.94.